The fourth-order valence-corrected chi connectivity index (χ4v) is 2.96. The second-order valence-corrected chi connectivity index (χ2v) is 6.73. The molecule has 0 aromatic heterocycles. The summed E-state index contributed by atoms with van der Waals surface area (Å²) in [6.07, 6.45) is 1.70. The number of carbonyl (C=O) groups is 1. The summed E-state index contributed by atoms with van der Waals surface area (Å²) in [4.78, 5) is 16.4. The molecule has 1 aliphatic heterocycles. The van der Waals surface area contributed by atoms with Crippen molar-refractivity contribution < 1.29 is 19.0 Å². The van der Waals surface area contributed by atoms with Crippen LogP contribution in [0.15, 0.2) is 89.6 Å². The Balaban J connectivity index is 1.34. The van der Waals surface area contributed by atoms with Gasteiger partial charge in [-0.2, -0.15) is 0 Å². The van der Waals surface area contributed by atoms with Gasteiger partial charge >= 0.3 is 5.97 Å². The van der Waals surface area contributed by atoms with E-state index in [2.05, 4.69) is 4.99 Å². The second kappa shape index (κ2) is 9.09. The minimum absolute atomic E-state index is 0.272. The molecule has 0 amide bonds. The molecule has 0 bridgehead atoms. The van der Waals surface area contributed by atoms with E-state index in [1.807, 2.05) is 85.8 Å². The maximum absolute atomic E-state index is 12.1. The average Bonchev–Trinajstić information content (AvgIpc) is 3.14. The highest BCUT2D eigenvalue weighted by Crippen LogP contribution is 2.21. The number of hydrogen-bond donors (Lipinski definition) is 0. The number of aryl methyl sites for hydroxylation is 1. The number of aliphatic imine (C=N–C) groups is 1. The highest BCUT2D eigenvalue weighted by atomic mass is 16.6. The van der Waals surface area contributed by atoms with Crippen LogP contribution in [-0.2, 0) is 9.53 Å². The third-order valence-electron chi connectivity index (χ3n) is 4.53. The summed E-state index contributed by atoms with van der Waals surface area (Å²) in [6, 6.07) is 24.7. The summed E-state index contributed by atoms with van der Waals surface area (Å²) < 4.78 is 16.7. The Morgan fingerprint density at radius 3 is 2.33 bits per heavy atom. The molecule has 3 aromatic carbocycles. The van der Waals surface area contributed by atoms with Gasteiger partial charge in [0.2, 0.25) is 5.90 Å². The van der Waals surface area contributed by atoms with Gasteiger partial charge in [0.25, 0.3) is 0 Å². The molecule has 5 nitrogen and oxygen atoms in total. The van der Waals surface area contributed by atoms with Gasteiger partial charge in [-0.15, -0.1) is 0 Å². The van der Waals surface area contributed by atoms with Gasteiger partial charge in [0, 0.05) is 5.56 Å². The molecule has 1 heterocycles. The van der Waals surface area contributed by atoms with E-state index in [0.29, 0.717) is 19.1 Å². The molecule has 1 aliphatic rings. The van der Waals surface area contributed by atoms with E-state index >= 15 is 0 Å². The van der Waals surface area contributed by atoms with E-state index in [0.717, 1.165) is 28.2 Å². The number of rotatable bonds is 7. The van der Waals surface area contributed by atoms with Gasteiger partial charge in [-0.25, -0.2) is 9.79 Å². The molecule has 4 rings (SSSR count). The lowest BCUT2D eigenvalue weighted by Gasteiger charge is -2.10. The van der Waals surface area contributed by atoms with E-state index < -0.39 is 5.97 Å². The smallest absolute Gasteiger partial charge is 0.363 e. The van der Waals surface area contributed by atoms with Crippen molar-refractivity contribution in [2.24, 2.45) is 4.99 Å². The number of carbonyl (C=O) groups excluding carboxylic acids is 1. The monoisotopic (exact) mass is 399 g/mol. The number of benzene rings is 3. The summed E-state index contributed by atoms with van der Waals surface area (Å²) in [6.45, 7) is 2.90. The first-order valence-corrected chi connectivity index (χ1v) is 9.68. The van der Waals surface area contributed by atoms with Crippen molar-refractivity contribution in [1.82, 2.24) is 0 Å². The maximum Gasteiger partial charge on any atom is 0.363 e. The Hall–Kier alpha value is -3.86. The largest absolute Gasteiger partial charge is 0.490 e. The van der Waals surface area contributed by atoms with E-state index in [1.54, 1.807) is 6.08 Å². The summed E-state index contributed by atoms with van der Waals surface area (Å²) >= 11 is 0. The van der Waals surface area contributed by atoms with Crippen LogP contribution in [0, 0.1) is 6.92 Å². The molecule has 0 fully saturated rings. The second-order valence-electron chi connectivity index (χ2n) is 6.73. The Labute approximate surface area is 175 Å². The normalized spacial score (nSPS) is 14.4. The lowest BCUT2D eigenvalue weighted by atomic mass is 10.2. The average molecular weight is 399 g/mol. The van der Waals surface area contributed by atoms with Crippen LogP contribution < -0.4 is 9.47 Å². The molecule has 5 heteroatoms. The van der Waals surface area contributed by atoms with Gasteiger partial charge in [0.15, 0.2) is 5.70 Å². The van der Waals surface area contributed by atoms with Crippen LogP contribution in [0.4, 0.5) is 0 Å². The van der Waals surface area contributed by atoms with Crippen LogP contribution in [-0.4, -0.2) is 25.1 Å². The van der Waals surface area contributed by atoms with Crippen molar-refractivity contribution in [2.75, 3.05) is 13.2 Å². The molecular weight excluding hydrogens is 378 g/mol. The third-order valence-corrected chi connectivity index (χ3v) is 4.53. The van der Waals surface area contributed by atoms with Crippen LogP contribution in [0.1, 0.15) is 16.7 Å². The van der Waals surface area contributed by atoms with Gasteiger partial charge in [-0.05, 0) is 54.5 Å². The van der Waals surface area contributed by atoms with Crippen molar-refractivity contribution >= 4 is 17.9 Å². The molecule has 0 spiro atoms. The van der Waals surface area contributed by atoms with Gasteiger partial charge in [-0.3, -0.25) is 0 Å². The van der Waals surface area contributed by atoms with Crippen molar-refractivity contribution in [3.05, 3.63) is 101 Å². The zero-order valence-electron chi connectivity index (χ0n) is 16.6. The highest BCUT2D eigenvalue weighted by molar-refractivity contribution is 6.12. The van der Waals surface area contributed by atoms with Gasteiger partial charge in [0.1, 0.15) is 24.7 Å². The molecular formula is C25H21NO4. The number of nitrogens with zero attached hydrogens (tertiary/aromatic N) is 1. The zero-order valence-corrected chi connectivity index (χ0v) is 16.6. The summed E-state index contributed by atoms with van der Waals surface area (Å²) in [7, 11) is 0. The van der Waals surface area contributed by atoms with E-state index in [4.69, 9.17) is 14.2 Å². The van der Waals surface area contributed by atoms with Crippen molar-refractivity contribution in [3.8, 4) is 11.5 Å². The van der Waals surface area contributed by atoms with Crippen LogP contribution in [0.2, 0.25) is 0 Å². The first kappa shape index (κ1) is 19.5. The molecule has 0 atom stereocenters. The van der Waals surface area contributed by atoms with Crippen LogP contribution in [0.5, 0.6) is 11.5 Å². The van der Waals surface area contributed by atoms with E-state index in [9.17, 15) is 4.79 Å². The van der Waals surface area contributed by atoms with Crippen molar-refractivity contribution in [2.45, 2.75) is 6.92 Å². The van der Waals surface area contributed by atoms with Crippen LogP contribution in [0.25, 0.3) is 6.08 Å². The summed E-state index contributed by atoms with van der Waals surface area (Å²) in [5, 5.41) is 0. The number of esters is 1. The van der Waals surface area contributed by atoms with Crippen molar-refractivity contribution in [1.29, 1.82) is 0 Å². The quantitative estimate of drug-likeness (QED) is 0.325. The summed E-state index contributed by atoms with van der Waals surface area (Å²) in [5.74, 6) is 1.46. The number of cyclic esters (lactones) is 1. The maximum atomic E-state index is 12.1. The van der Waals surface area contributed by atoms with Crippen LogP contribution >= 0.6 is 0 Å². The Bertz CT molecular complexity index is 1090. The fourth-order valence-electron chi connectivity index (χ4n) is 2.96. The number of hydrogen-bond acceptors (Lipinski definition) is 5. The highest BCUT2D eigenvalue weighted by Gasteiger charge is 2.23. The predicted molar refractivity (Wildman–Crippen MR) is 116 cm³/mol. The molecule has 0 saturated heterocycles. The lowest BCUT2D eigenvalue weighted by Crippen LogP contribution is -2.09. The molecule has 0 saturated carbocycles. The molecule has 0 unspecified atom stereocenters. The minimum Gasteiger partial charge on any atom is -0.490 e. The summed E-state index contributed by atoms with van der Waals surface area (Å²) in [5.41, 5.74) is 2.97. The first-order chi connectivity index (χ1) is 14.7. The zero-order chi connectivity index (χ0) is 20.8. The third kappa shape index (κ3) is 4.75. The molecule has 150 valence electrons. The topological polar surface area (TPSA) is 57.1 Å². The minimum atomic E-state index is -0.456. The Morgan fingerprint density at radius 1 is 0.867 bits per heavy atom. The number of para-hydroxylation sites is 1. The van der Waals surface area contributed by atoms with Gasteiger partial charge in [0.05, 0.1) is 0 Å². The van der Waals surface area contributed by atoms with Gasteiger partial charge in [-0.1, -0.05) is 48.5 Å². The van der Waals surface area contributed by atoms with Crippen LogP contribution in [0.3, 0.4) is 0 Å². The van der Waals surface area contributed by atoms with E-state index in [1.165, 1.54) is 0 Å². The van der Waals surface area contributed by atoms with Crippen molar-refractivity contribution in [3.63, 3.8) is 0 Å². The molecule has 3 aromatic rings. The number of ether oxygens (including phenoxy) is 3. The fraction of sp³-hybridized carbons (Fsp3) is 0.120. The SMILES string of the molecule is Cc1ccccc1OCCOc1ccc(C=C2N=C(c3ccccc3)OC2=O)cc1. The Morgan fingerprint density at radius 2 is 1.57 bits per heavy atom. The molecule has 0 aliphatic carbocycles. The molecule has 30 heavy (non-hydrogen) atoms. The Kier molecular flexibility index (Phi) is 5.90. The van der Waals surface area contributed by atoms with E-state index in [-0.39, 0.29) is 5.70 Å². The first-order valence-electron chi connectivity index (χ1n) is 9.68. The molecule has 0 N–H and O–H groups in total. The predicted octanol–water partition coefficient (Wildman–Crippen LogP) is 4.80. The lowest BCUT2D eigenvalue weighted by molar-refractivity contribution is -0.129. The molecule has 0 radical (unpaired) electrons. The van der Waals surface area contributed by atoms with Gasteiger partial charge < -0.3 is 14.2 Å². The standard InChI is InChI=1S/C25H21NO4/c1-18-7-5-6-10-23(18)29-16-15-28-21-13-11-19(12-14-21)17-22-25(27)30-24(26-22)20-8-3-2-4-9-20/h2-14,17H,15-16H2,1H3.